The fourth-order valence-corrected chi connectivity index (χ4v) is 4.84. The normalized spacial score (nSPS) is 26.7. The lowest BCUT2D eigenvalue weighted by atomic mass is 9.73. The molecule has 0 heterocycles. The van der Waals surface area contributed by atoms with Crippen LogP contribution in [0.25, 0.3) is 0 Å². The first-order valence-electron chi connectivity index (χ1n) is 11.3. The number of aliphatic carboxylic acids is 1. The third kappa shape index (κ3) is 5.98. The highest BCUT2D eigenvalue weighted by molar-refractivity contribution is 5.80. The van der Waals surface area contributed by atoms with Gasteiger partial charge in [-0.15, -0.1) is 0 Å². The van der Waals surface area contributed by atoms with Crippen molar-refractivity contribution in [1.29, 1.82) is 0 Å². The van der Waals surface area contributed by atoms with Crippen LogP contribution >= 0.6 is 0 Å². The average Bonchev–Trinajstić information content (AvgIpc) is 3.22. The quantitative estimate of drug-likeness (QED) is 0.525. The molecule has 2 rings (SSSR count). The van der Waals surface area contributed by atoms with E-state index in [0.29, 0.717) is 18.3 Å². The topological polar surface area (TPSA) is 89.9 Å². The molecule has 0 radical (unpaired) electrons. The number of carboxylic acid groups (broad SMARTS) is 1. The number of carboxylic acids is 1. The Labute approximate surface area is 181 Å². The molecule has 0 aromatic heterocycles. The van der Waals surface area contributed by atoms with E-state index < -0.39 is 28.3 Å². The first kappa shape index (κ1) is 24.7. The zero-order valence-electron chi connectivity index (χ0n) is 19.7. The van der Waals surface area contributed by atoms with Crippen molar-refractivity contribution in [3.8, 4) is 0 Å². The summed E-state index contributed by atoms with van der Waals surface area (Å²) in [4.78, 5) is 37.9. The summed E-state index contributed by atoms with van der Waals surface area (Å²) in [5.74, 6) is -1.29. The molecule has 30 heavy (non-hydrogen) atoms. The third-order valence-corrected chi connectivity index (χ3v) is 6.98. The van der Waals surface area contributed by atoms with Crippen LogP contribution in [0.5, 0.6) is 0 Å². The Bertz CT molecular complexity index is 661. The van der Waals surface area contributed by atoms with E-state index in [1.165, 1.54) is 6.42 Å². The summed E-state index contributed by atoms with van der Waals surface area (Å²) in [5.41, 5.74) is -2.62. The summed E-state index contributed by atoms with van der Waals surface area (Å²) in [6, 6.07) is 0. The summed E-state index contributed by atoms with van der Waals surface area (Å²) >= 11 is 0. The van der Waals surface area contributed by atoms with Gasteiger partial charge in [0.05, 0.1) is 16.7 Å². The molecule has 172 valence electrons. The molecule has 2 aliphatic rings. The van der Waals surface area contributed by atoms with Crippen LogP contribution in [0.4, 0.5) is 0 Å². The predicted octanol–water partition coefficient (Wildman–Crippen LogP) is 4.98. The largest absolute Gasteiger partial charge is 0.481 e. The fraction of sp³-hybridized carbons (Fsp3) is 0.875. The average molecular weight is 425 g/mol. The second-order valence-corrected chi connectivity index (χ2v) is 11.4. The number of carbonyl (C=O) groups excluding carboxylic acids is 2. The van der Waals surface area contributed by atoms with Crippen molar-refractivity contribution in [3.63, 3.8) is 0 Å². The molecule has 2 aliphatic carbocycles. The molecule has 6 nitrogen and oxygen atoms in total. The van der Waals surface area contributed by atoms with Crippen molar-refractivity contribution < 1.29 is 29.0 Å². The summed E-state index contributed by atoms with van der Waals surface area (Å²) < 4.78 is 11.5. The van der Waals surface area contributed by atoms with Gasteiger partial charge in [-0.05, 0) is 98.3 Å². The number of hydrogen-bond donors (Lipinski definition) is 1. The zero-order chi connectivity index (χ0) is 22.9. The van der Waals surface area contributed by atoms with Crippen LogP contribution < -0.4 is 0 Å². The lowest BCUT2D eigenvalue weighted by Crippen LogP contribution is -2.40. The van der Waals surface area contributed by atoms with E-state index in [1.54, 1.807) is 20.8 Å². The molecule has 5 unspecified atom stereocenters. The predicted molar refractivity (Wildman–Crippen MR) is 114 cm³/mol. The maximum absolute atomic E-state index is 13.2. The monoisotopic (exact) mass is 424 g/mol. The number of rotatable bonds is 9. The Hall–Kier alpha value is -1.59. The van der Waals surface area contributed by atoms with Crippen molar-refractivity contribution in [3.05, 3.63) is 0 Å². The number of fused-ring (bicyclic) bond motifs is 2. The van der Waals surface area contributed by atoms with Crippen LogP contribution in [0, 0.1) is 28.6 Å². The molecule has 2 saturated carbocycles. The maximum atomic E-state index is 13.2. The lowest BCUT2D eigenvalue weighted by Gasteiger charge is -2.35. The summed E-state index contributed by atoms with van der Waals surface area (Å²) in [6.45, 7) is 12.4. The van der Waals surface area contributed by atoms with Crippen LogP contribution in [-0.2, 0) is 23.9 Å². The molecule has 6 heteroatoms. The third-order valence-electron chi connectivity index (χ3n) is 6.98. The Morgan fingerprint density at radius 2 is 1.63 bits per heavy atom. The van der Waals surface area contributed by atoms with Crippen molar-refractivity contribution in [2.45, 2.75) is 105 Å². The van der Waals surface area contributed by atoms with Gasteiger partial charge < -0.3 is 14.6 Å². The first-order chi connectivity index (χ1) is 13.7. The van der Waals surface area contributed by atoms with Crippen molar-refractivity contribution in [1.82, 2.24) is 0 Å². The molecule has 0 aromatic rings. The van der Waals surface area contributed by atoms with Crippen LogP contribution in [0.3, 0.4) is 0 Å². The minimum absolute atomic E-state index is 0.0684. The van der Waals surface area contributed by atoms with E-state index in [1.807, 2.05) is 27.7 Å². The molecule has 1 N–H and O–H groups in total. The second kappa shape index (κ2) is 8.88. The van der Waals surface area contributed by atoms with E-state index in [-0.39, 0.29) is 30.9 Å². The number of ether oxygens (including phenoxy) is 2. The van der Waals surface area contributed by atoms with Gasteiger partial charge in [0.1, 0.15) is 11.7 Å². The SMILES string of the molecule is CCC(C)(CC(CC(C)(C)C(=O)O)C(=O)OC1CC2CCC1C2)C(=O)OC(C)(C)C. The van der Waals surface area contributed by atoms with Gasteiger partial charge in [0.25, 0.3) is 0 Å². The van der Waals surface area contributed by atoms with E-state index >= 15 is 0 Å². The van der Waals surface area contributed by atoms with Gasteiger partial charge in [0.15, 0.2) is 0 Å². The molecular weight excluding hydrogens is 384 g/mol. The van der Waals surface area contributed by atoms with Crippen molar-refractivity contribution in [2.24, 2.45) is 28.6 Å². The van der Waals surface area contributed by atoms with Gasteiger partial charge in [-0.3, -0.25) is 14.4 Å². The lowest BCUT2D eigenvalue weighted by molar-refractivity contribution is -0.171. The van der Waals surface area contributed by atoms with Gasteiger partial charge in [-0.2, -0.15) is 0 Å². The van der Waals surface area contributed by atoms with E-state index in [4.69, 9.17) is 9.47 Å². The highest BCUT2D eigenvalue weighted by Gasteiger charge is 2.46. The van der Waals surface area contributed by atoms with Crippen LogP contribution in [0.1, 0.15) is 93.4 Å². The number of esters is 2. The van der Waals surface area contributed by atoms with E-state index in [2.05, 4.69) is 0 Å². The van der Waals surface area contributed by atoms with Crippen LogP contribution in [0.2, 0.25) is 0 Å². The Balaban J connectivity index is 2.20. The molecule has 5 atom stereocenters. The van der Waals surface area contributed by atoms with Crippen LogP contribution in [0.15, 0.2) is 0 Å². The first-order valence-corrected chi connectivity index (χ1v) is 11.3. The van der Waals surface area contributed by atoms with Gasteiger partial charge in [-0.25, -0.2) is 0 Å². The van der Waals surface area contributed by atoms with Gasteiger partial charge in [-0.1, -0.05) is 6.92 Å². The highest BCUT2D eigenvalue weighted by Crippen LogP contribution is 2.47. The minimum atomic E-state index is -1.10. The zero-order valence-corrected chi connectivity index (χ0v) is 19.7. The molecular formula is C24H40O6. The molecule has 0 aliphatic heterocycles. The molecule has 2 fully saturated rings. The Morgan fingerprint density at radius 1 is 1.00 bits per heavy atom. The Kier molecular flexibility index (Phi) is 7.30. The van der Waals surface area contributed by atoms with E-state index in [9.17, 15) is 19.5 Å². The maximum Gasteiger partial charge on any atom is 0.312 e. The summed E-state index contributed by atoms with van der Waals surface area (Å²) in [6.07, 6.45) is 5.10. The van der Waals surface area contributed by atoms with Gasteiger partial charge in [0, 0.05) is 0 Å². The standard InChI is InChI=1S/C24H40O6/c1-8-24(7,21(28)30-22(2,3)4)14-17(13-23(5,6)20(26)27)19(25)29-18-12-15-9-10-16(18)11-15/h15-18H,8-14H2,1-7H3,(H,26,27). The van der Waals surface area contributed by atoms with Crippen molar-refractivity contribution in [2.75, 3.05) is 0 Å². The molecule has 0 amide bonds. The minimum Gasteiger partial charge on any atom is -0.481 e. The van der Waals surface area contributed by atoms with Gasteiger partial charge >= 0.3 is 17.9 Å². The van der Waals surface area contributed by atoms with Crippen LogP contribution in [-0.4, -0.2) is 34.7 Å². The second-order valence-electron chi connectivity index (χ2n) is 11.4. The molecule has 2 bridgehead atoms. The van der Waals surface area contributed by atoms with Gasteiger partial charge in [0.2, 0.25) is 0 Å². The summed E-state index contributed by atoms with van der Waals surface area (Å²) in [7, 11) is 0. The smallest absolute Gasteiger partial charge is 0.312 e. The number of hydrogen-bond acceptors (Lipinski definition) is 5. The summed E-state index contributed by atoms with van der Waals surface area (Å²) in [5, 5.41) is 9.62. The molecule has 0 aromatic carbocycles. The molecule has 0 spiro atoms. The highest BCUT2D eigenvalue weighted by atomic mass is 16.6. The van der Waals surface area contributed by atoms with Crippen molar-refractivity contribution >= 4 is 17.9 Å². The molecule has 0 saturated heterocycles. The number of carbonyl (C=O) groups is 3. The fourth-order valence-electron chi connectivity index (χ4n) is 4.84. The van der Waals surface area contributed by atoms with E-state index in [0.717, 1.165) is 19.3 Å². The Morgan fingerprint density at radius 3 is 2.07 bits per heavy atom.